The Kier molecular flexibility index (Phi) is 11.1. The zero-order valence-electron chi connectivity index (χ0n) is 14.2. The van der Waals surface area contributed by atoms with Crippen molar-refractivity contribution < 1.29 is 9.47 Å². The van der Waals surface area contributed by atoms with Gasteiger partial charge in [-0.05, 0) is 26.2 Å². The highest BCUT2D eigenvalue weighted by molar-refractivity contribution is 4.78. The van der Waals surface area contributed by atoms with Gasteiger partial charge in [0.1, 0.15) is 0 Å². The monoisotopic (exact) mass is 300 g/mol. The van der Waals surface area contributed by atoms with Gasteiger partial charge in [0.25, 0.3) is 0 Å². The van der Waals surface area contributed by atoms with E-state index in [9.17, 15) is 0 Å². The summed E-state index contributed by atoms with van der Waals surface area (Å²) < 4.78 is 11.1. The fourth-order valence-electron chi connectivity index (χ4n) is 3.33. The van der Waals surface area contributed by atoms with Crippen LogP contribution in [0, 0.1) is 5.92 Å². The van der Waals surface area contributed by atoms with Crippen molar-refractivity contribution in [3.8, 4) is 0 Å². The van der Waals surface area contributed by atoms with E-state index in [-0.39, 0.29) is 0 Å². The molecule has 1 aliphatic rings. The number of nitrogens with two attached hydrogens (primary N) is 1. The standard InChI is InChI=1S/C17H36N2O2/c1-3-20-12-10-19(11-13-21-4-2)17(15-18)14-16-8-6-5-7-9-16/h16-17H,3-15,18H2,1-2H3. The Labute approximate surface area is 131 Å². The van der Waals surface area contributed by atoms with E-state index in [0.29, 0.717) is 6.04 Å². The van der Waals surface area contributed by atoms with Crippen LogP contribution in [-0.2, 0) is 9.47 Å². The van der Waals surface area contributed by atoms with Gasteiger partial charge in [-0.3, -0.25) is 4.90 Å². The molecule has 0 aromatic heterocycles. The first-order valence-electron chi connectivity index (χ1n) is 8.91. The molecule has 126 valence electrons. The van der Waals surface area contributed by atoms with Crippen LogP contribution in [0.1, 0.15) is 52.4 Å². The van der Waals surface area contributed by atoms with E-state index < -0.39 is 0 Å². The average molecular weight is 300 g/mol. The fraction of sp³-hybridized carbons (Fsp3) is 1.00. The molecule has 21 heavy (non-hydrogen) atoms. The van der Waals surface area contributed by atoms with E-state index >= 15 is 0 Å². The van der Waals surface area contributed by atoms with Crippen LogP contribution < -0.4 is 5.73 Å². The molecule has 1 atom stereocenters. The van der Waals surface area contributed by atoms with Crippen LogP contribution in [0.25, 0.3) is 0 Å². The quantitative estimate of drug-likeness (QED) is 0.563. The third kappa shape index (κ3) is 8.15. The average Bonchev–Trinajstić information content (AvgIpc) is 2.52. The Bertz CT molecular complexity index is 223. The van der Waals surface area contributed by atoms with E-state index in [2.05, 4.69) is 4.90 Å². The number of nitrogens with zero attached hydrogens (tertiary/aromatic N) is 1. The molecule has 4 nitrogen and oxygen atoms in total. The van der Waals surface area contributed by atoms with Gasteiger partial charge >= 0.3 is 0 Å². The largest absolute Gasteiger partial charge is 0.380 e. The topological polar surface area (TPSA) is 47.7 Å². The number of ether oxygens (including phenoxy) is 2. The molecule has 0 aromatic rings. The van der Waals surface area contributed by atoms with Crippen molar-refractivity contribution >= 4 is 0 Å². The lowest BCUT2D eigenvalue weighted by atomic mass is 9.84. The van der Waals surface area contributed by atoms with Crippen LogP contribution in [0.5, 0.6) is 0 Å². The molecule has 0 aromatic carbocycles. The molecule has 4 heteroatoms. The summed E-state index contributed by atoms with van der Waals surface area (Å²) in [6.45, 7) is 9.94. The maximum atomic E-state index is 6.08. The minimum Gasteiger partial charge on any atom is -0.380 e. The molecule has 0 spiro atoms. The Morgan fingerprint density at radius 3 is 2.05 bits per heavy atom. The molecule has 0 radical (unpaired) electrons. The van der Waals surface area contributed by atoms with Crippen molar-refractivity contribution in [3.05, 3.63) is 0 Å². The minimum absolute atomic E-state index is 0.481. The third-order valence-corrected chi connectivity index (χ3v) is 4.57. The van der Waals surface area contributed by atoms with Crippen molar-refractivity contribution in [2.75, 3.05) is 46.1 Å². The van der Waals surface area contributed by atoms with Crippen LogP contribution >= 0.6 is 0 Å². The highest BCUT2D eigenvalue weighted by Gasteiger charge is 2.22. The Morgan fingerprint density at radius 2 is 1.57 bits per heavy atom. The van der Waals surface area contributed by atoms with Crippen molar-refractivity contribution in [2.45, 2.75) is 58.4 Å². The van der Waals surface area contributed by atoms with Gasteiger partial charge in [0.15, 0.2) is 0 Å². The summed E-state index contributed by atoms with van der Waals surface area (Å²) in [5, 5.41) is 0. The predicted octanol–water partition coefficient (Wildman–Crippen LogP) is 2.66. The molecule has 0 saturated heterocycles. The second kappa shape index (κ2) is 12.4. The Balaban J connectivity index is 2.44. The summed E-state index contributed by atoms with van der Waals surface area (Å²) in [6.07, 6.45) is 8.25. The molecule has 2 N–H and O–H groups in total. The Morgan fingerprint density at radius 1 is 1.00 bits per heavy atom. The summed E-state index contributed by atoms with van der Waals surface area (Å²) in [6, 6.07) is 0.481. The molecule has 1 fully saturated rings. The molecule has 0 bridgehead atoms. The molecule has 1 aliphatic carbocycles. The highest BCUT2D eigenvalue weighted by Crippen LogP contribution is 2.28. The minimum atomic E-state index is 0.481. The predicted molar refractivity (Wildman–Crippen MR) is 88.6 cm³/mol. The van der Waals surface area contributed by atoms with Crippen molar-refractivity contribution in [1.29, 1.82) is 0 Å². The van der Waals surface area contributed by atoms with Gasteiger partial charge in [-0.25, -0.2) is 0 Å². The lowest BCUT2D eigenvalue weighted by molar-refractivity contribution is 0.0563. The summed E-state index contributed by atoms with van der Waals surface area (Å²) in [4.78, 5) is 2.49. The second-order valence-electron chi connectivity index (χ2n) is 6.06. The molecular formula is C17H36N2O2. The van der Waals surface area contributed by atoms with Crippen LogP contribution in [0.2, 0.25) is 0 Å². The van der Waals surface area contributed by atoms with Gasteiger partial charge < -0.3 is 15.2 Å². The van der Waals surface area contributed by atoms with Gasteiger partial charge in [0.05, 0.1) is 13.2 Å². The molecule has 1 saturated carbocycles. The zero-order chi connectivity index (χ0) is 15.3. The summed E-state index contributed by atoms with van der Waals surface area (Å²) in [7, 11) is 0. The van der Waals surface area contributed by atoms with E-state index in [1.54, 1.807) is 0 Å². The molecular weight excluding hydrogens is 264 g/mol. The van der Waals surface area contributed by atoms with Gasteiger partial charge in [0, 0.05) is 38.9 Å². The van der Waals surface area contributed by atoms with E-state index in [1.807, 2.05) is 13.8 Å². The molecule has 1 rings (SSSR count). The number of hydrogen-bond acceptors (Lipinski definition) is 4. The third-order valence-electron chi connectivity index (χ3n) is 4.57. The summed E-state index contributed by atoms with van der Waals surface area (Å²) >= 11 is 0. The van der Waals surface area contributed by atoms with Crippen LogP contribution in [0.4, 0.5) is 0 Å². The normalized spacial score (nSPS) is 18.3. The van der Waals surface area contributed by atoms with Crippen LogP contribution in [-0.4, -0.2) is 57.0 Å². The maximum Gasteiger partial charge on any atom is 0.0593 e. The fourth-order valence-corrected chi connectivity index (χ4v) is 3.33. The first kappa shape index (κ1) is 18.9. The molecule has 1 unspecified atom stereocenters. The number of rotatable bonds is 12. The summed E-state index contributed by atoms with van der Waals surface area (Å²) in [5.41, 5.74) is 6.08. The Hall–Kier alpha value is -0.160. The van der Waals surface area contributed by atoms with Gasteiger partial charge in [0.2, 0.25) is 0 Å². The molecule has 0 amide bonds. The second-order valence-corrected chi connectivity index (χ2v) is 6.06. The first-order chi connectivity index (χ1) is 10.3. The number of hydrogen-bond donors (Lipinski definition) is 1. The van der Waals surface area contributed by atoms with E-state index in [4.69, 9.17) is 15.2 Å². The molecule has 0 heterocycles. The zero-order valence-corrected chi connectivity index (χ0v) is 14.2. The van der Waals surface area contributed by atoms with Gasteiger partial charge in [-0.1, -0.05) is 32.1 Å². The lowest BCUT2D eigenvalue weighted by Gasteiger charge is -2.34. The van der Waals surface area contributed by atoms with Crippen LogP contribution in [0.15, 0.2) is 0 Å². The SMILES string of the molecule is CCOCCN(CCOCC)C(CN)CC1CCCCC1. The van der Waals surface area contributed by atoms with Crippen LogP contribution in [0.3, 0.4) is 0 Å². The molecule has 0 aliphatic heterocycles. The van der Waals surface area contributed by atoms with Crippen molar-refractivity contribution in [1.82, 2.24) is 4.90 Å². The highest BCUT2D eigenvalue weighted by atomic mass is 16.5. The maximum absolute atomic E-state index is 6.08. The van der Waals surface area contributed by atoms with Crippen molar-refractivity contribution in [2.24, 2.45) is 11.7 Å². The van der Waals surface area contributed by atoms with E-state index in [1.165, 1.54) is 38.5 Å². The van der Waals surface area contributed by atoms with E-state index in [0.717, 1.165) is 52.0 Å². The van der Waals surface area contributed by atoms with Gasteiger partial charge in [-0.15, -0.1) is 0 Å². The lowest BCUT2D eigenvalue weighted by Crippen LogP contribution is -2.45. The van der Waals surface area contributed by atoms with Crippen molar-refractivity contribution in [3.63, 3.8) is 0 Å². The smallest absolute Gasteiger partial charge is 0.0593 e. The van der Waals surface area contributed by atoms with Gasteiger partial charge in [-0.2, -0.15) is 0 Å². The first-order valence-corrected chi connectivity index (χ1v) is 8.91. The summed E-state index contributed by atoms with van der Waals surface area (Å²) in [5.74, 6) is 0.869.